The molecule has 6 nitrogen and oxygen atoms in total. The summed E-state index contributed by atoms with van der Waals surface area (Å²) in [6, 6.07) is -1.42. The van der Waals surface area contributed by atoms with Gasteiger partial charge in [0, 0.05) is 13.5 Å². The second kappa shape index (κ2) is 6.54. The Hall–Kier alpha value is -1.59. The first kappa shape index (κ1) is 15.5. The van der Waals surface area contributed by atoms with E-state index in [1.165, 1.54) is 11.8 Å². The number of likely N-dealkylation sites (tertiary alicyclic amines) is 1. The number of nitrogens with zero attached hydrogens (tertiary/aromatic N) is 1. The van der Waals surface area contributed by atoms with Crippen LogP contribution in [-0.2, 0) is 14.4 Å². The number of aliphatic carboxylic acids is 1. The molecule has 1 heterocycles. The number of carboxylic acids is 1. The average molecular weight is 270 g/mol. The summed E-state index contributed by atoms with van der Waals surface area (Å²) in [5.41, 5.74) is 0. The first-order chi connectivity index (χ1) is 8.84. The summed E-state index contributed by atoms with van der Waals surface area (Å²) in [6.07, 6.45) is 2.10. The van der Waals surface area contributed by atoms with Crippen LogP contribution in [0.1, 0.15) is 40.0 Å². The fourth-order valence-corrected chi connectivity index (χ4v) is 2.36. The van der Waals surface area contributed by atoms with Gasteiger partial charge in [-0.2, -0.15) is 0 Å². The van der Waals surface area contributed by atoms with Gasteiger partial charge in [0.2, 0.25) is 11.8 Å². The number of carbonyl (C=O) groups excluding carboxylic acids is 2. The molecule has 1 fully saturated rings. The van der Waals surface area contributed by atoms with Crippen LogP contribution in [0.4, 0.5) is 0 Å². The average Bonchev–Trinajstić information content (AvgIpc) is 2.34. The van der Waals surface area contributed by atoms with Gasteiger partial charge in [0.1, 0.15) is 12.1 Å². The van der Waals surface area contributed by atoms with Crippen LogP contribution < -0.4 is 5.32 Å². The standard InChI is InChI=1S/C13H22N2O4/c1-8(2)11(14-9(3)16)12(17)15-7-5-4-6-10(15)13(18)19/h8,10-11H,4-7H2,1-3H3,(H,14,16)(H,18,19). The molecule has 0 radical (unpaired) electrons. The van der Waals surface area contributed by atoms with E-state index in [1.807, 2.05) is 13.8 Å². The van der Waals surface area contributed by atoms with Crippen LogP contribution in [0.25, 0.3) is 0 Å². The Labute approximate surface area is 113 Å². The summed E-state index contributed by atoms with van der Waals surface area (Å²) in [5.74, 6) is -1.63. The monoisotopic (exact) mass is 270 g/mol. The van der Waals surface area contributed by atoms with E-state index in [9.17, 15) is 19.5 Å². The molecule has 2 atom stereocenters. The van der Waals surface area contributed by atoms with Crippen molar-refractivity contribution < 1.29 is 19.5 Å². The fourth-order valence-electron chi connectivity index (χ4n) is 2.36. The molecule has 0 aromatic carbocycles. The van der Waals surface area contributed by atoms with Gasteiger partial charge in [-0.05, 0) is 25.2 Å². The normalized spacial score (nSPS) is 21.1. The Kier molecular flexibility index (Phi) is 5.32. The molecule has 0 bridgehead atoms. The predicted molar refractivity (Wildman–Crippen MR) is 69.4 cm³/mol. The van der Waals surface area contributed by atoms with Gasteiger partial charge in [-0.1, -0.05) is 13.8 Å². The number of carbonyl (C=O) groups is 3. The Morgan fingerprint density at radius 2 is 1.89 bits per heavy atom. The lowest BCUT2D eigenvalue weighted by Gasteiger charge is -2.36. The van der Waals surface area contributed by atoms with Crippen molar-refractivity contribution in [2.45, 2.75) is 52.1 Å². The van der Waals surface area contributed by atoms with Crippen LogP contribution in [0.2, 0.25) is 0 Å². The Balaban J connectivity index is 2.87. The summed E-state index contributed by atoms with van der Waals surface area (Å²) in [7, 11) is 0. The number of carboxylic acid groups (broad SMARTS) is 1. The largest absolute Gasteiger partial charge is 0.480 e. The van der Waals surface area contributed by atoms with E-state index in [1.54, 1.807) is 0 Å². The topological polar surface area (TPSA) is 86.7 Å². The molecule has 0 aliphatic carbocycles. The van der Waals surface area contributed by atoms with Crippen LogP contribution in [-0.4, -0.2) is 46.4 Å². The molecular weight excluding hydrogens is 248 g/mol. The van der Waals surface area contributed by atoms with Crippen molar-refractivity contribution in [1.82, 2.24) is 10.2 Å². The summed E-state index contributed by atoms with van der Waals surface area (Å²) >= 11 is 0. The van der Waals surface area contributed by atoms with Gasteiger partial charge in [-0.3, -0.25) is 9.59 Å². The zero-order chi connectivity index (χ0) is 14.6. The van der Waals surface area contributed by atoms with E-state index in [-0.39, 0.29) is 17.7 Å². The zero-order valence-corrected chi connectivity index (χ0v) is 11.7. The van der Waals surface area contributed by atoms with E-state index in [0.717, 1.165) is 12.8 Å². The summed E-state index contributed by atoms with van der Waals surface area (Å²) in [5, 5.41) is 11.8. The minimum Gasteiger partial charge on any atom is -0.480 e. The minimum atomic E-state index is -0.974. The highest BCUT2D eigenvalue weighted by molar-refractivity contribution is 5.90. The summed E-state index contributed by atoms with van der Waals surface area (Å²) < 4.78 is 0. The SMILES string of the molecule is CC(=O)NC(C(=O)N1CCCCC1C(=O)O)C(C)C. The number of amides is 2. The summed E-state index contributed by atoms with van der Waals surface area (Å²) in [4.78, 5) is 36.2. The molecule has 2 N–H and O–H groups in total. The number of piperidine rings is 1. The maximum absolute atomic E-state index is 12.4. The van der Waals surface area contributed by atoms with Crippen molar-refractivity contribution in [3.05, 3.63) is 0 Å². The van der Waals surface area contributed by atoms with E-state index in [4.69, 9.17) is 0 Å². The molecule has 1 saturated heterocycles. The van der Waals surface area contributed by atoms with Crippen molar-refractivity contribution in [1.29, 1.82) is 0 Å². The molecule has 1 aliphatic heterocycles. The van der Waals surface area contributed by atoms with Gasteiger partial charge >= 0.3 is 5.97 Å². The Morgan fingerprint density at radius 1 is 1.26 bits per heavy atom. The van der Waals surface area contributed by atoms with Crippen LogP contribution in [0.15, 0.2) is 0 Å². The molecule has 0 saturated carbocycles. The van der Waals surface area contributed by atoms with Crippen molar-refractivity contribution >= 4 is 17.8 Å². The first-order valence-electron chi connectivity index (χ1n) is 6.65. The van der Waals surface area contributed by atoms with Crippen molar-refractivity contribution in [3.63, 3.8) is 0 Å². The molecule has 0 aromatic heterocycles. The van der Waals surface area contributed by atoms with Gasteiger partial charge in [0.05, 0.1) is 0 Å². The molecule has 19 heavy (non-hydrogen) atoms. The lowest BCUT2D eigenvalue weighted by atomic mass is 9.97. The number of hydrogen-bond donors (Lipinski definition) is 2. The van der Waals surface area contributed by atoms with Gasteiger partial charge < -0.3 is 15.3 Å². The lowest BCUT2D eigenvalue weighted by molar-refractivity contribution is -0.153. The molecule has 2 unspecified atom stereocenters. The van der Waals surface area contributed by atoms with Crippen LogP contribution >= 0.6 is 0 Å². The third kappa shape index (κ3) is 3.94. The van der Waals surface area contributed by atoms with Crippen LogP contribution in [0.3, 0.4) is 0 Å². The van der Waals surface area contributed by atoms with E-state index < -0.39 is 18.1 Å². The number of hydrogen-bond acceptors (Lipinski definition) is 3. The highest BCUT2D eigenvalue weighted by atomic mass is 16.4. The molecule has 1 aliphatic rings. The molecule has 1 rings (SSSR count). The van der Waals surface area contributed by atoms with Crippen molar-refractivity contribution in [2.24, 2.45) is 5.92 Å². The fraction of sp³-hybridized carbons (Fsp3) is 0.769. The third-order valence-corrected chi connectivity index (χ3v) is 3.36. The third-order valence-electron chi connectivity index (χ3n) is 3.36. The molecule has 0 aromatic rings. The highest BCUT2D eigenvalue weighted by Gasteiger charge is 2.36. The molecule has 2 amide bonds. The predicted octanol–water partition coefficient (Wildman–Crippen LogP) is 0.613. The van der Waals surface area contributed by atoms with E-state index in [0.29, 0.717) is 13.0 Å². The zero-order valence-electron chi connectivity index (χ0n) is 11.7. The van der Waals surface area contributed by atoms with Gasteiger partial charge in [-0.25, -0.2) is 4.79 Å². The highest BCUT2D eigenvalue weighted by Crippen LogP contribution is 2.19. The quantitative estimate of drug-likeness (QED) is 0.783. The molecular formula is C13H22N2O4. The lowest BCUT2D eigenvalue weighted by Crippen LogP contribution is -2.56. The molecule has 108 valence electrons. The Bertz CT molecular complexity index is 368. The Morgan fingerprint density at radius 3 is 2.37 bits per heavy atom. The van der Waals surface area contributed by atoms with Crippen molar-refractivity contribution in [2.75, 3.05) is 6.54 Å². The second-order valence-corrected chi connectivity index (χ2v) is 5.30. The van der Waals surface area contributed by atoms with Crippen molar-refractivity contribution in [3.8, 4) is 0 Å². The maximum atomic E-state index is 12.4. The van der Waals surface area contributed by atoms with Gasteiger partial charge in [0.25, 0.3) is 0 Å². The first-order valence-corrected chi connectivity index (χ1v) is 6.65. The van der Waals surface area contributed by atoms with Crippen LogP contribution in [0.5, 0.6) is 0 Å². The van der Waals surface area contributed by atoms with E-state index >= 15 is 0 Å². The van der Waals surface area contributed by atoms with Gasteiger partial charge in [-0.15, -0.1) is 0 Å². The smallest absolute Gasteiger partial charge is 0.326 e. The van der Waals surface area contributed by atoms with Crippen LogP contribution in [0, 0.1) is 5.92 Å². The minimum absolute atomic E-state index is 0.0761. The van der Waals surface area contributed by atoms with Gasteiger partial charge in [0.15, 0.2) is 0 Å². The number of rotatable bonds is 4. The van der Waals surface area contributed by atoms with E-state index in [2.05, 4.69) is 5.32 Å². The molecule has 0 spiro atoms. The number of nitrogens with one attached hydrogen (secondary N) is 1. The maximum Gasteiger partial charge on any atom is 0.326 e. The second-order valence-electron chi connectivity index (χ2n) is 5.30. The molecule has 6 heteroatoms. The summed E-state index contributed by atoms with van der Waals surface area (Å²) in [6.45, 7) is 5.46.